The standard InChI is InChI=1S/C19H21N5O/c1-19(2)7-13-12(16-15(19)18(21)23-10-22-16)3-4-14(25)17(13)24-6-5-11(8-20)9-24/h3-4,10-11,25H,5-7,9H2,1-2H3,(H2,21,22,23). The van der Waals surface area contributed by atoms with E-state index >= 15 is 0 Å². The van der Waals surface area contributed by atoms with E-state index < -0.39 is 0 Å². The summed E-state index contributed by atoms with van der Waals surface area (Å²) in [5.74, 6) is 0.789. The second kappa shape index (κ2) is 5.35. The zero-order chi connectivity index (χ0) is 17.8. The summed E-state index contributed by atoms with van der Waals surface area (Å²) >= 11 is 0. The number of phenolic OH excluding ortho intramolecular Hbond substituents is 1. The smallest absolute Gasteiger partial charge is 0.139 e. The number of nitriles is 1. The predicted molar refractivity (Wildman–Crippen MR) is 96.2 cm³/mol. The molecule has 3 N–H and O–H groups in total. The fraction of sp³-hybridized carbons (Fsp3) is 0.421. The van der Waals surface area contributed by atoms with Gasteiger partial charge in [-0.05, 0) is 36.0 Å². The SMILES string of the molecule is CC1(C)Cc2c(ccc(O)c2N2CCC(C#N)C2)-c2ncnc(N)c21. The fourth-order valence-corrected chi connectivity index (χ4v) is 4.25. The molecule has 4 rings (SSSR count). The Morgan fingerprint density at radius 3 is 2.88 bits per heavy atom. The molecule has 1 aromatic heterocycles. The molecule has 1 atom stereocenters. The first-order valence-electron chi connectivity index (χ1n) is 8.53. The molecular formula is C19H21N5O. The van der Waals surface area contributed by atoms with Crippen LogP contribution in [0.1, 0.15) is 31.4 Å². The van der Waals surface area contributed by atoms with Crippen molar-refractivity contribution in [2.24, 2.45) is 5.92 Å². The lowest BCUT2D eigenvalue weighted by Gasteiger charge is -2.36. The molecule has 25 heavy (non-hydrogen) atoms. The van der Waals surface area contributed by atoms with Gasteiger partial charge in [-0.3, -0.25) is 0 Å². The number of nitrogen functional groups attached to an aromatic ring is 1. The van der Waals surface area contributed by atoms with Crippen LogP contribution in [0.5, 0.6) is 5.75 Å². The Kier molecular flexibility index (Phi) is 3.36. The Morgan fingerprint density at radius 1 is 1.36 bits per heavy atom. The maximum absolute atomic E-state index is 10.6. The summed E-state index contributed by atoms with van der Waals surface area (Å²) in [7, 11) is 0. The van der Waals surface area contributed by atoms with E-state index in [0.717, 1.165) is 47.5 Å². The van der Waals surface area contributed by atoms with Gasteiger partial charge in [-0.25, -0.2) is 9.97 Å². The van der Waals surface area contributed by atoms with Crippen molar-refractivity contribution in [3.05, 3.63) is 29.6 Å². The highest BCUT2D eigenvalue weighted by molar-refractivity contribution is 5.83. The molecule has 128 valence electrons. The van der Waals surface area contributed by atoms with Gasteiger partial charge in [0.1, 0.15) is 17.9 Å². The number of aromatic hydroxyl groups is 1. The second-order valence-electron chi connectivity index (χ2n) is 7.56. The van der Waals surface area contributed by atoms with E-state index in [0.29, 0.717) is 12.4 Å². The molecule has 2 heterocycles. The van der Waals surface area contributed by atoms with E-state index in [1.807, 2.05) is 6.07 Å². The maximum atomic E-state index is 10.6. The molecule has 1 fully saturated rings. The fourth-order valence-electron chi connectivity index (χ4n) is 4.25. The summed E-state index contributed by atoms with van der Waals surface area (Å²) in [6, 6.07) is 5.97. The molecule has 0 radical (unpaired) electrons. The lowest BCUT2D eigenvalue weighted by molar-refractivity contribution is 0.470. The summed E-state index contributed by atoms with van der Waals surface area (Å²) in [6.45, 7) is 5.69. The lowest BCUT2D eigenvalue weighted by atomic mass is 9.71. The molecular weight excluding hydrogens is 314 g/mol. The average Bonchev–Trinajstić information content (AvgIpc) is 3.02. The highest BCUT2D eigenvalue weighted by atomic mass is 16.3. The maximum Gasteiger partial charge on any atom is 0.139 e. The van der Waals surface area contributed by atoms with Crippen LogP contribution in [0.4, 0.5) is 11.5 Å². The molecule has 2 aliphatic rings. The van der Waals surface area contributed by atoms with Gasteiger partial charge >= 0.3 is 0 Å². The molecule has 1 aliphatic carbocycles. The van der Waals surface area contributed by atoms with E-state index in [1.54, 1.807) is 6.07 Å². The minimum absolute atomic E-state index is 0.0112. The first-order valence-corrected chi connectivity index (χ1v) is 8.53. The highest BCUT2D eigenvalue weighted by Gasteiger charge is 2.38. The Bertz CT molecular complexity index is 899. The molecule has 2 aromatic rings. The number of anilines is 2. The van der Waals surface area contributed by atoms with Crippen molar-refractivity contribution >= 4 is 11.5 Å². The second-order valence-corrected chi connectivity index (χ2v) is 7.56. The Morgan fingerprint density at radius 2 is 2.16 bits per heavy atom. The summed E-state index contributed by atoms with van der Waals surface area (Å²) < 4.78 is 0. The van der Waals surface area contributed by atoms with Crippen LogP contribution in [0.25, 0.3) is 11.3 Å². The number of fused-ring (bicyclic) bond motifs is 3. The molecule has 6 heteroatoms. The van der Waals surface area contributed by atoms with Crippen LogP contribution in [0.3, 0.4) is 0 Å². The van der Waals surface area contributed by atoms with E-state index in [9.17, 15) is 10.4 Å². The largest absolute Gasteiger partial charge is 0.506 e. The number of aromatic nitrogens is 2. The van der Waals surface area contributed by atoms with Crippen molar-refractivity contribution < 1.29 is 5.11 Å². The first-order chi connectivity index (χ1) is 11.9. The molecule has 1 saturated heterocycles. The molecule has 0 saturated carbocycles. The number of rotatable bonds is 1. The van der Waals surface area contributed by atoms with Gasteiger partial charge in [0.25, 0.3) is 0 Å². The van der Waals surface area contributed by atoms with Crippen LogP contribution in [-0.4, -0.2) is 28.2 Å². The van der Waals surface area contributed by atoms with Crippen molar-refractivity contribution in [1.29, 1.82) is 5.26 Å². The minimum Gasteiger partial charge on any atom is -0.506 e. The van der Waals surface area contributed by atoms with E-state index in [1.165, 1.54) is 6.33 Å². The van der Waals surface area contributed by atoms with Gasteiger partial charge in [0.15, 0.2) is 0 Å². The summed E-state index contributed by atoms with van der Waals surface area (Å²) in [4.78, 5) is 10.8. The first kappa shape index (κ1) is 15.7. The molecule has 1 unspecified atom stereocenters. The normalized spacial score (nSPS) is 20.7. The van der Waals surface area contributed by atoms with Gasteiger partial charge in [-0.15, -0.1) is 0 Å². The highest BCUT2D eigenvalue weighted by Crippen LogP contribution is 2.49. The minimum atomic E-state index is -0.232. The van der Waals surface area contributed by atoms with E-state index in [-0.39, 0.29) is 17.1 Å². The van der Waals surface area contributed by atoms with Crippen LogP contribution in [0.2, 0.25) is 0 Å². The van der Waals surface area contributed by atoms with Crippen molar-refractivity contribution in [1.82, 2.24) is 9.97 Å². The summed E-state index contributed by atoms with van der Waals surface area (Å²) in [5, 5.41) is 19.8. The van der Waals surface area contributed by atoms with Gasteiger partial charge in [0.05, 0.1) is 23.4 Å². The van der Waals surface area contributed by atoms with Crippen molar-refractivity contribution in [2.45, 2.75) is 32.1 Å². The van der Waals surface area contributed by atoms with Gasteiger partial charge in [0.2, 0.25) is 0 Å². The van der Waals surface area contributed by atoms with Crippen molar-refractivity contribution in [2.75, 3.05) is 23.7 Å². The Hall–Kier alpha value is -2.81. The number of benzene rings is 1. The third-order valence-electron chi connectivity index (χ3n) is 5.38. The van der Waals surface area contributed by atoms with Crippen molar-refractivity contribution in [3.63, 3.8) is 0 Å². The number of phenols is 1. The number of nitrogens with zero attached hydrogens (tertiary/aromatic N) is 4. The van der Waals surface area contributed by atoms with Crippen LogP contribution in [0, 0.1) is 17.2 Å². The molecule has 6 nitrogen and oxygen atoms in total. The third-order valence-corrected chi connectivity index (χ3v) is 5.38. The molecule has 0 bridgehead atoms. The van der Waals surface area contributed by atoms with Gasteiger partial charge in [0, 0.05) is 24.2 Å². The number of hydrogen-bond donors (Lipinski definition) is 2. The zero-order valence-electron chi connectivity index (χ0n) is 14.5. The predicted octanol–water partition coefficient (Wildman–Crippen LogP) is 2.61. The van der Waals surface area contributed by atoms with Crippen LogP contribution < -0.4 is 10.6 Å². The molecule has 0 spiro atoms. The van der Waals surface area contributed by atoms with Gasteiger partial charge < -0.3 is 15.7 Å². The monoisotopic (exact) mass is 335 g/mol. The number of hydrogen-bond acceptors (Lipinski definition) is 6. The van der Waals surface area contributed by atoms with Crippen LogP contribution in [0.15, 0.2) is 18.5 Å². The average molecular weight is 335 g/mol. The van der Waals surface area contributed by atoms with E-state index in [4.69, 9.17) is 5.73 Å². The van der Waals surface area contributed by atoms with Crippen LogP contribution in [-0.2, 0) is 11.8 Å². The third kappa shape index (κ3) is 2.30. The Balaban J connectivity index is 1.93. The molecule has 0 amide bonds. The quantitative estimate of drug-likeness (QED) is 0.831. The molecule has 1 aromatic carbocycles. The molecule has 1 aliphatic heterocycles. The van der Waals surface area contributed by atoms with E-state index in [2.05, 4.69) is 34.8 Å². The Labute approximate surface area is 146 Å². The van der Waals surface area contributed by atoms with Gasteiger partial charge in [-0.2, -0.15) is 5.26 Å². The van der Waals surface area contributed by atoms with Crippen LogP contribution >= 0.6 is 0 Å². The topological polar surface area (TPSA) is 99.1 Å². The van der Waals surface area contributed by atoms with Gasteiger partial charge in [-0.1, -0.05) is 13.8 Å². The lowest BCUT2D eigenvalue weighted by Crippen LogP contribution is -2.30. The van der Waals surface area contributed by atoms with Crippen molar-refractivity contribution in [3.8, 4) is 23.1 Å². The number of nitrogens with two attached hydrogens (primary N) is 1. The zero-order valence-corrected chi connectivity index (χ0v) is 14.5. The summed E-state index contributed by atoms with van der Waals surface area (Å²) in [5.41, 5.74) is 10.6. The summed E-state index contributed by atoms with van der Waals surface area (Å²) in [6.07, 6.45) is 3.06.